The summed E-state index contributed by atoms with van der Waals surface area (Å²) in [4.78, 5) is 27.2. The molecule has 5 aliphatic rings. The van der Waals surface area contributed by atoms with Crippen LogP contribution < -0.4 is 0 Å². The fourth-order valence-electron chi connectivity index (χ4n) is 13.3. The smallest absolute Gasteiger partial charge is 0.309 e. The highest BCUT2D eigenvalue weighted by Crippen LogP contribution is 2.78. The Balaban J connectivity index is 1.38. The SMILES string of the molecule is C=C(C)[C@@H]1CC[C@]2(CCN(C)CCOC)CC[C@]3(C)[C@H](CC[C@@H]4[C@@]5(C)CC[C@H](OC(=O)CC(C)(C)C(=O)O)C(C)(C)[C@@H]5CC[C@]43C)[C@@H]12. The summed E-state index contributed by atoms with van der Waals surface area (Å²) in [6, 6.07) is 0. The molecule has 6 heteroatoms. The number of carboxylic acids is 1. The quantitative estimate of drug-likeness (QED) is 0.177. The number of methoxy groups -OCH3 is 1. The average molecular weight is 656 g/mol. The van der Waals surface area contributed by atoms with Gasteiger partial charge in [0.05, 0.1) is 18.4 Å². The molecule has 0 aromatic heterocycles. The minimum absolute atomic E-state index is 0.0887. The van der Waals surface area contributed by atoms with Crippen LogP contribution in [0.3, 0.4) is 0 Å². The highest BCUT2D eigenvalue weighted by atomic mass is 16.5. The fourth-order valence-corrected chi connectivity index (χ4v) is 13.3. The van der Waals surface area contributed by atoms with E-state index >= 15 is 0 Å². The topological polar surface area (TPSA) is 76.1 Å². The maximum Gasteiger partial charge on any atom is 0.309 e. The van der Waals surface area contributed by atoms with Crippen molar-refractivity contribution in [1.29, 1.82) is 0 Å². The summed E-state index contributed by atoms with van der Waals surface area (Å²) in [6.45, 7) is 25.8. The lowest BCUT2D eigenvalue weighted by atomic mass is 9.32. The number of hydrogen-bond acceptors (Lipinski definition) is 5. The molecule has 0 amide bonds. The molecule has 10 atom stereocenters. The zero-order valence-electron chi connectivity index (χ0n) is 31.8. The van der Waals surface area contributed by atoms with E-state index in [0.29, 0.717) is 28.6 Å². The third kappa shape index (κ3) is 5.95. The molecule has 0 saturated heterocycles. The van der Waals surface area contributed by atoms with Crippen LogP contribution in [0.4, 0.5) is 0 Å². The van der Waals surface area contributed by atoms with Crippen LogP contribution in [0.2, 0.25) is 0 Å². The summed E-state index contributed by atoms with van der Waals surface area (Å²) < 4.78 is 11.6. The first-order valence-corrected chi connectivity index (χ1v) is 19.0. The molecule has 5 fully saturated rings. The Morgan fingerprint density at radius 3 is 2.23 bits per heavy atom. The summed E-state index contributed by atoms with van der Waals surface area (Å²) in [5.41, 5.74) is 1.38. The molecule has 0 heterocycles. The second kappa shape index (κ2) is 12.7. The van der Waals surface area contributed by atoms with Crippen LogP contribution in [0, 0.1) is 62.1 Å². The minimum atomic E-state index is -1.12. The van der Waals surface area contributed by atoms with E-state index in [1.165, 1.54) is 63.4 Å². The van der Waals surface area contributed by atoms with Gasteiger partial charge in [0.2, 0.25) is 0 Å². The van der Waals surface area contributed by atoms with Gasteiger partial charge in [-0.05, 0) is 156 Å². The summed E-state index contributed by atoms with van der Waals surface area (Å²) >= 11 is 0. The Labute approximate surface area is 287 Å². The number of allylic oxidation sites excluding steroid dienone is 1. The molecule has 0 aromatic carbocycles. The van der Waals surface area contributed by atoms with Crippen molar-refractivity contribution in [1.82, 2.24) is 4.90 Å². The molecule has 5 aliphatic carbocycles. The van der Waals surface area contributed by atoms with Crippen LogP contribution in [0.15, 0.2) is 12.2 Å². The highest BCUT2D eigenvalue weighted by Gasteiger charge is 2.71. The van der Waals surface area contributed by atoms with E-state index in [-0.39, 0.29) is 34.7 Å². The zero-order valence-corrected chi connectivity index (χ0v) is 31.8. The lowest BCUT2D eigenvalue weighted by Gasteiger charge is -2.73. The van der Waals surface area contributed by atoms with E-state index in [1.807, 2.05) is 0 Å². The fraction of sp³-hybridized carbons (Fsp3) is 0.902. The van der Waals surface area contributed by atoms with Gasteiger partial charge in [0.15, 0.2) is 0 Å². The Kier molecular flexibility index (Phi) is 9.99. The Morgan fingerprint density at radius 2 is 1.60 bits per heavy atom. The summed E-state index contributed by atoms with van der Waals surface area (Å²) in [5, 5.41) is 9.59. The predicted octanol–water partition coefficient (Wildman–Crippen LogP) is 9.03. The molecular formula is C41H69NO5. The second-order valence-electron chi connectivity index (χ2n) is 19.3. The number of carbonyl (C=O) groups excluding carboxylic acids is 1. The van der Waals surface area contributed by atoms with Crippen molar-refractivity contribution in [3.05, 3.63) is 12.2 Å². The van der Waals surface area contributed by atoms with Crippen molar-refractivity contribution in [3.63, 3.8) is 0 Å². The van der Waals surface area contributed by atoms with E-state index < -0.39 is 11.4 Å². The minimum Gasteiger partial charge on any atom is -0.481 e. The van der Waals surface area contributed by atoms with Gasteiger partial charge in [0.1, 0.15) is 6.10 Å². The zero-order chi connectivity index (χ0) is 34.8. The molecule has 0 aliphatic heterocycles. The number of nitrogens with zero attached hydrogens (tertiary/aromatic N) is 1. The summed E-state index contributed by atoms with van der Waals surface area (Å²) in [6.07, 6.45) is 13.4. The van der Waals surface area contributed by atoms with Gasteiger partial charge in [0.25, 0.3) is 0 Å². The monoisotopic (exact) mass is 656 g/mol. The normalized spacial score (nSPS) is 42.5. The number of likely N-dealkylation sites (N-methyl/N-ethyl adjacent to an activating group) is 1. The van der Waals surface area contributed by atoms with Crippen molar-refractivity contribution in [2.24, 2.45) is 62.1 Å². The van der Waals surface area contributed by atoms with Gasteiger partial charge in [-0.2, -0.15) is 0 Å². The first-order chi connectivity index (χ1) is 21.8. The average Bonchev–Trinajstić information content (AvgIpc) is 3.37. The predicted molar refractivity (Wildman–Crippen MR) is 189 cm³/mol. The van der Waals surface area contributed by atoms with Crippen molar-refractivity contribution < 1.29 is 24.2 Å². The van der Waals surface area contributed by atoms with Crippen molar-refractivity contribution >= 4 is 11.9 Å². The Morgan fingerprint density at radius 1 is 0.894 bits per heavy atom. The third-order valence-corrected chi connectivity index (χ3v) is 16.3. The lowest BCUT2D eigenvalue weighted by molar-refractivity contribution is -0.250. The molecule has 0 radical (unpaired) electrons. The molecule has 0 bridgehead atoms. The standard InChI is InChI=1S/C41H69NO5/c1-27(2)28-14-19-41(22-23-42(10)24-25-46-11)21-20-39(8)29(34(28)41)12-13-31-38(7)17-16-32(47-33(43)26-36(3,4)35(44)45)37(5,6)30(38)15-18-40(31,39)9/h28-32,34H,1,12-26H2,2-11H3,(H,44,45)/t28-,29+,30-,31+,32-,34+,38-,39+,40+,41+/m0/s1. The van der Waals surface area contributed by atoms with E-state index in [0.717, 1.165) is 44.4 Å². The van der Waals surface area contributed by atoms with Crippen LogP contribution in [-0.2, 0) is 19.1 Å². The molecule has 5 rings (SSSR count). The second-order valence-corrected chi connectivity index (χ2v) is 19.3. The molecule has 5 saturated carbocycles. The molecular weight excluding hydrogens is 586 g/mol. The van der Waals surface area contributed by atoms with Gasteiger partial charge >= 0.3 is 11.9 Å². The van der Waals surface area contributed by atoms with Crippen LogP contribution in [0.25, 0.3) is 0 Å². The molecule has 47 heavy (non-hydrogen) atoms. The van der Waals surface area contributed by atoms with Crippen LogP contribution >= 0.6 is 0 Å². The number of hydrogen-bond donors (Lipinski definition) is 1. The Bertz CT molecular complexity index is 1210. The molecule has 0 aromatic rings. The van der Waals surface area contributed by atoms with Crippen LogP contribution in [-0.4, -0.2) is 61.9 Å². The summed E-state index contributed by atoms with van der Waals surface area (Å²) in [7, 11) is 4.07. The maximum atomic E-state index is 13.1. The van der Waals surface area contributed by atoms with Crippen LogP contribution in [0.1, 0.15) is 132 Å². The van der Waals surface area contributed by atoms with E-state index in [9.17, 15) is 14.7 Å². The number of fused-ring (bicyclic) bond motifs is 7. The number of aliphatic carboxylic acids is 1. The van der Waals surface area contributed by atoms with Gasteiger partial charge in [-0.3, -0.25) is 9.59 Å². The maximum absolute atomic E-state index is 13.1. The molecule has 1 N–H and O–H groups in total. The first kappa shape index (κ1) is 36.9. The summed E-state index contributed by atoms with van der Waals surface area (Å²) in [5.74, 6) is 1.94. The highest BCUT2D eigenvalue weighted by molar-refractivity contribution is 5.81. The van der Waals surface area contributed by atoms with Gasteiger partial charge in [0, 0.05) is 19.1 Å². The van der Waals surface area contributed by atoms with E-state index in [4.69, 9.17) is 9.47 Å². The Hall–Kier alpha value is -1.40. The van der Waals surface area contributed by atoms with Gasteiger partial charge in [-0.25, -0.2) is 0 Å². The number of rotatable bonds is 11. The largest absolute Gasteiger partial charge is 0.481 e. The first-order valence-electron chi connectivity index (χ1n) is 19.0. The molecule has 0 unspecified atom stereocenters. The van der Waals surface area contributed by atoms with Gasteiger partial charge in [-0.1, -0.05) is 46.8 Å². The van der Waals surface area contributed by atoms with Crippen molar-refractivity contribution in [2.45, 2.75) is 139 Å². The molecule has 0 spiro atoms. The number of esters is 1. The number of carboxylic acid groups (broad SMARTS) is 1. The van der Waals surface area contributed by atoms with Crippen molar-refractivity contribution in [3.8, 4) is 0 Å². The molecule has 6 nitrogen and oxygen atoms in total. The number of ether oxygens (including phenoxy) is 2. The van der Waals surface area contributed by atoms with Gasteiger partial charge < -0.3 is 19.5 Å². The van der Waals surface area contributed by atoms with E-state index in [2.05, 4.69) is 60.1 Å². The number of carbonyl (C=O) groups is 2. The lowest BCUT2D eigenvalue weighted by Crippen LogP contribution is -2.66. The van der Waals surface area contributed by atoms with Gasteiger partial charge in [-0.15, -0.1) is 0 Å². The van der Waals surface area contributed by atoms with Crippen LogP contribution in [0.5, 0.6) is 0 Å². The van der Waals surface area contributed by atoms with Crippen molar-refractivity contribution in [2.75, 3.05) is 33.9 Å². The molecule has 268 valence electrons. The van der Waals surface area contributed by atoms with E-state index in [1.54, 1.807) is 21.0 Å². The third-order valence-electron chi connectivity index (χ3n) is 16.3.